The highest BCUT2D eigenvalue weighted by Gasteiger charge is 2.31. The second-order valence-corrected chi connectivity index (χ2v) is 5.70. The number of rotatable bonds is 4. The van der Waals surface area contributed by atoms with Crippen LogP contribution in [0, 0.1) is 6.92 Å². The zero-order valence-corrected chi connectivity index (χ0v) is 12.5. The van der Waals surface area contributed by atoms with Crippen molar-refractivity contribution >= 4 is 11.5 Å². The van der Waals surface area contributed by atoms with Crippen molar-refractivity contribution in [1.82, 2.24) is 0 Å². The first-order valence-corrected chi connectivity index (χ1v) is 7.05. The van der Waals surface area contributed by atoms with Crippen molar-refractivity contribution in [2.75, 3.05) is 31.7 Å². The third-order valence-electron chi connectivity index (χ3n) is 3.90. The molecule has 1 aliphatic heterocycles. The lowest BCUT2D eigenvalue weighted by atomic mass is 9.93. The van der Waals surface area contributed by atoms with Gasteiger partial charge in [0.05, 0.1) is 5.60 Å². The maximum Gasteiger partial charge on any atom is 0.172 e. The number of likely N-dealkylation sites (N-methyl/N-ethyl adjacent to an activating group) is 1. The molecule has 0 saturated carbocycles. The minimum Gasteiger partial charge on any atom is -0.409 e. The van der Waals surface area contributed by atoms with E-state index >= 15 is 0 Å². The Morgan fingerprint density at radius 1 is 1.43 bits per heavy atom. The van der Waals surface area contributed by atoms with E-state index in [0.717, 1.165) is 11.3 Å². The molecule has 0 aromatic heterocycles. The lowest BCUT2D eigenvalue weighted by Gasteiger charge is -2.36. The molecule has 4 N–H and O–H groups in total. The number of amidine groups is 1. The fourth-order valence-electron chi connectivity index (χ4n) is 2.66. The Balaban J connectivity index is 2.25. The van der Waals surface area contributed by atoms with Crippen LogP contribution in [-0.4, -0.2) is 48.6 Å². The molecule has 6 heteroatoms. The van der Waals surface area contributed by atoms with Gasteiger partial charge in [-0.05, 0) is 24.6 Å². The summed E-state index contributed by atoms with van der Waals surface area (Å²) in [7, 11) is 1.90. The zero-order valence-electron chi connectivity index (χ0n) is 12.5. The first kappa shape index (κ1) is 15.6. The number of nitrogens with zero attached hydrogens (tertiary/aromatic N) is 2. The van der Waals surface area contributed by atoms with Crippen molar-refractivity contribution < 1.29 is 15.1 Å². The van der Waals surface area contributed by atoms with Gasteiger partial charge in [-0.3, -0.25) is 0 Å². The quantitative estimate of drug-likeness (QED) is 0.334. The highest BCUT2D eigenvalue weighted by atomic mass is 16.5. The molecule has 116 valence electrons. The van der Waals surface area contributed by atoms with E-state index in [1.165, 1.54) is 0 Å². The Morgan fingerprint density at radius 2 is 2.10 bits per heavy atom. The van der Waals surface area contributed by atoms with E-state index in [1.54, 1.807) is 0 Å². The number of benzene rings is 1. The Kier molecular flexibility index (Phi) is 4.69. The third kappa shape index (κ3) is 3.65. The van der Waals surface area contributed by atoms with Crippen LogP contribution in [0.3, 0.4) is 0 Å². The van der Waals surface area contributed by atoms with E-state index in [9.17, 15) is 5.11 Å². The van der Waals surface area contributed by atoms with Gasteiger partial charge >= 0.3 is 0 Å². The van der Waals surface area contributed by atoms with Crippen molar-refractivity contribution in [1.29, 1.82) is 0 Å². The summed E-state index contributed by atoms with van der Waals surface area (Å²) in [6.07, 6.45) is 1.23. The number of ether oxygens (including phenoxy) is 1. The maximum absolute atomic E-state index is 10.6. The molecule has 6 nitrogen and oxygen atoms in total. The van der Waals surface area contributed by atoms with E-state index in [0.29, 0.717) is 38.2 Å². The van der Waals surface area contributed by atoms with Gasteiger partial charge in [-0.2, -0.15) is 0 Å². The molecule has 0 spiro atoms. The van der Waals surface area contributed by atoms with Gasteiger partial charge in [-0.25, -0.2) is 0 Å². The number of anilines is 1. The first-order chi connectivity index (χ1) is 9.95. The average molecular weight is 293 g/mol. The van der Waals surface area contributed by atoms with Gasteiger partial charge in [0.1, 0.15) is 0 Å². The summed E-state index contributed by atoms with van der Waals surface area (Å²) < 4.78 is 5.30. The van der Waals surface area contributed by atoms with Crippen LogP contribution in [0.4, 0.5) is 5.69 Å². The van der Waals surface area contributed by atoms with Gasteiger partial charge in [0.15, 0.2) is 5.84 Å². The van der Waals surface area contributed by atoms with E-state index < -0.39 is 5.60 Å². The van der Waals surface area contributed by atoms with Crippen LogP contribution < -0.4 is 10.6 Å². The molecule has 0 radical (unpaired) electrons. The van der Waals surface area contributed by atoms with Crippen molar-refractivity contribution in [3.63, 3.8) is 0 Å². The van der Waals surface area contributed by atoms with Gasteiger partial charge in [0.2, 0.25) is 0 Å². The van der Waals surface area contributed by atoms with Gasteiger partial charge in [0, 0.05) is 50.9 Å². The minimum absolute atomic E-state index is 0.0656. The summed E-state index contributed by atoms with van der Waals surface area (Å²) in [6, 6.07) is 5.70. The number of aliphatic hydroxyl groups is 1. The number of hydrogen-bond donors (Lipinski definition) is 3. The van der Waals surface area contributed by atoms with Crippen molar-refractivity contribution in [3.8, 4) is 0 Å². The third-order valence-corrected chi connectivity index (χ3v) is 3.90. The van der Waals surface area contributed by atoms with E-state index in [1.807, 2.05) is 37.1 Å². The molecular formula is C15H23N3O3. The topological polar surface area (TPSA) is 91.3 Å². The van der Waals surface area contributed by atoms with Crippen LogP contribution in [0.1, 0.15) is 24.0 Å². The molecule has 0 amide bonds. The smallest absolute Gasteiger partial charge is 0.172 e. The number of oxime groups is 1. The Labute approximate surface area is 124 Å². The lowest BCUT2D eigenvalue weighted by Crippen LogP contribution is -2.46. The van der Waals surface area contributed by atoms with E-state index in [4.69, 9.17) is 15.7 Å². The second kappa shape index (κ2) is 6.32. The van der Waals surface area contributed by atoms with Crippen LogP contribution >= 0.6 is 0 Å². The maximum atomic E-state index is 10.6. The van der Waals surface area contributed by atoms with Gasteiger partial charge in [-0.1, -0.05) is 11.2 Å². The van der Waals surface area contributed by atoms with Gasteiger partial charge < -0.3 is 25.7 Å². The minimum atomic E-state index is -0.765. The summed E-state index contributed by atoms with van der Waals surface area (Å²) in [5, 5.41) is 22.6. The molecule has 1 aromatic rings. The first-order valence-electron chi connectivity index (χ1n) is 7.05. The Morgan fingerprint density at radius 3 is 2.71 bits per heavy atom. The predicted molar refractivity (Wildman–Crippen MR) is 82.0 cm³/mol. The molecule has 2 rings (SSSR count). The second-order valence-electron chi connectivity index (χ2n) is 5.70. The molecule has 1 aliphatic rings. The predicted octanol–water partition coefficient (Wildman–Crippen LogP) is 1.07. The van der Waals surface area contributed by atoms with Crippen LogP contribution in [0.15, 0.2) is 23.4 Å². The van der Waals surface area contributed by atoms with Gasteiger partial charge in [-0.15, -0.1) is 0 Å². The van der Waals surface area contributed by atoms with Crippen LogP contribution in [0.5, 0.6) is 0 Å². The van der Waals surface area contributed by atoms with E-state index in [-0.39, 0.29) is 5.84 Å². The lowest BCUT2D eigenvalue weighted by molar-refractivity contribution is -0.0572. The fourth-order valence-corrected chi connectivity index (χ4v) is 2.66. The zero-order chi connectivity index (χ0) is 15.5. The largest absolute Gasteiger partial charge is 0.409 e. The molecule has 0 unspecified atom stereocenters. The fraction of sp³-hybridized carbons (Fsp3) is 0.533. The molecule has 0 atom stereocenters. The van der Waals surface area contributed by atoms with Crippen LogP contribution in [0.2, 0.25) is 0 Å². The van der Waals surface area contributed by atoms with Crippen molar-refractivity contribution in [2.45, 2.75) is 25.4 Å². The summed E-state index contributed by atoms with van der Waals surface area (Å²) >= 11 is 0. The van der Waals surface area contributed by atoms with Gasteiger partial charge in [0.25, 0.3) is 0 Å². The van der Waals surface area contributed by atoms with Crippen molar-refractivity contribution in [3.05, 3.63) is 29.3 Å². The molecule has 1 fully saturated rings. The normalized spacial score (nSPS) is 18.5. The Bertz CT molecular complexity index is 525. The van der Waals surface area contributed by atoms with E-state index in [2.05, 4.69) is 5.16 Å². The molecule has 0 aliphatic carbocycles. The number of hydrogen-bond acceptors (Lipinski definition) is 5. The molecule has 1 heterocycles. The molecule has 21 heavy (non-hydrogen) atoms. The summed E-state index contributed by atoms with van der Waals surface area (Å²) in [6.45, 7) is 3.61. The number of aryl methyl sites for hydroxylation is 1. The molecule has 1 aromatic carbocycles. The van der Waals surface area contributed by atoms with Crippen molar-refractivity contribution in [2.24, 2.45) is 10.9 Å². The summed E-state index contributed by atoms with van der Waals surface area (Å²) in [5.41, 5.74) is 7.54. The Hall–Kier alpha value is -1.79. The summed E-state index contributed by atoms with van der Waals surface area (Å²) in [5.74, 6) is 0.0656. The number of nitrogens with two attached hydrogens (primary N) is 1. The highest BCUT2D eigenvalue weighted by Crippen LogP contribution is 2.27. The van der Waals surface area contributed by atoms with Crippen LogP contribution in [-0.2, 0) is 4.74 Å². The summed E-state index contributed by atoms with van der Waals surface area (Å²) in [4.78, 5) is 1.95. The molecule has 0 bridgehead atoms. The molecule has 1 saturated heterocycles. The SMILES string of the molecule is Cc1ccc(/C(N)=N/O)c(N(C)CC2(O)CCOCC2)c1. The monoisotopic (exact) mass is 293 g/mol. The van der Waals surface area contributed by atoms with Crippen LogP contribution in [0.25, 0.3) is 0 Å². The highest BCUT2D eigenvalue weighted by molar-refractivity contribution is 6.02. The average Bonchev–Trinajstić information content (AvgIpc) is 2.46. The molecular weight excluding hydrogens is 270 g/mol. The standard InChI is InChI=1S/C15H23N3O3/c1-11-3-4-12(14(16)17-20)13(9-11)18(2)10-15(19)5-7-21-8-6-15/h3-4,9,19-20H,5-8,10H2,1-2H3,(H2,16,17).